The first kappa shape index (κ1) is 7.74. The zero-order valence-corrected chi connectivity index (χ0v) is 6.28. The fraction of sp³-hybridized carbons (Fsp3) is 0.625. The van der Waals surface area contributed by atoms with Crippen LogP contribution in [0.15, 0.2) is 11.1 Å². The van der Waals surface area contributed by atoms with Gasteiger partial charge in [-0.3, -0.25) is 0 Å². The first-order chi connectivity index (χ1) is 3.55. The molecule has 0 saturated heterocycles. The van der Waals surface area contributed by atoms with E-state index in [9.17, 15) is 0 Å². The van der Waals surface area contributed by atoms with Gasteiger partial charge in [-0.05, 0) is 26.7 Å². The second-order valence-electron chi connectivity index (χ2n) is 2.62. The summed E-state index contributed by atoms with van der Waals surface area (Å²) in [5, 5.41) is 0. The molecule has 0 aromatic carbocycles. The molecule has 0 heteroatoms. The van der Waals surface area contributed by atoms with Gasteiger partial charge in [-0.25, -0.2) is 0 Å². The summed E-state index contributed by atoms with van der Waals surface area (Å²) in [6.45, 7) is 12.4. The van der Waals surface area contributed by atoms with E-state index < -0.39 is 0 Å². The Morgan fingerprint density at radius 1 is 1.25 bits per heavy atom. The van der Waals surface area contributed by atoms with Crippen LogP contribution in [0.4, 0.5) is 0 Å². The van der Waals surface area contributed by atoms with Crippen LogP contribution in [-0.4, -0.2) is 0 Å². The van der Waals surface area contributed by atoms with E-state index in [1.54, 1.807) is 0 Å². The maximum atomic E-state index is 3.84. The molecule has 0 heterocycles. The number of hydrogen-bond donors (Lipinski definition) is 0. The zero-order valence-electron chi connectivity index (χ0n) is 6.28. The average Bonchev–Trinajstić information content (AvgIpc) is 1.64. The Balaban J connectivity index is 4.00. The first-order valence-corrected chi connectivity index (χ1v) is 3.05. The van der Waals surface area contributed by atoms with Crippen LogP contribution in [0.25, 0.3) is 0 Å². The largest absolute Gasteiger partial charge is 0.0738 e. The second kappa shape index (κ2) is 2.91. The van der Waals surface area contributed by atoms with E-state index in [2.05, 4.69) is 34.6 Å². The van der Waals surface area contributed by atoms with Gasteiger partial charge in [0.25, 0.3) is 0 Å². The Hall–Kier alpha value is -0.260. The maximum absolute atomic E-state index is 3.84. The van der Waals surface area contributed by atoms with Gasteiger partial charge in [0.2, 0.25) is 0 Å². The van der Waals surface area contributed by atoms with Crippen molar-refractivity contribution >= 4 is 0 Å². The van der Waals surface area contributed by atoms with E-state index in [1.165, 1.54) is 11.1 Å². The average molecular weight is 111 g/mol. The Labute approximate surface area is 52.6 Å². The number of hydrogen-bond acceptors (Lipinski definition) is 0. The second-order valence-corrected chi connectivity index (χ2v) is 2.62. The van der Waals surface area contributed by atoms with Crippen molar-refractivity contribution in [1.29, 1.82) is 0 Å². The predicted octanol–water partition coefficient (Wildman–Crippen LogP) is 2.81. The quantitative estimate of drug-likeness (QED) is 0.488. The van der Waals surface area contributed by atoms with Crippen molar-refractivity contribution in [1.82, 2.24) is 0 Å². The standard InChI is InChI=1S/C8H15/c1-6(2)8(5)7(3)4/h7H,1H2,2-5H3. The summed E-state index contributed by atoms with van der Waals surface area (Å²) in [7, 11) is 0. The van der Waals surface area contributed by atoms with Crippen LogP contribution >= 0.6 is 0 Å². The van der Waals surface area contributed by atoms with E-state index in [0.717, 1.165) is 0 Å². The van der Waals surface area contributed by atoms with Gasteiger partial charge in [-0.2, -0.15) is 0 Å². The molecule has 0 spiro atoms. The molecular formula is C8H15. The Morgan fingerprint density at radius 2 is 1.62 bits per heavy atom. The fourth-order valence-electron chi connectivity index (χ4n) is 0.493. The lowest BCUT2D eigenvalue weighted by Gasteiger charge is -2.05. The van der Waals surface area contributed by atoms with Gasteiger partial charge in [-0.15, -0.1) is 0 Å². The third-order valence-electron chi connectivity index (χ3n) is 1.54. The van der Waals surface area contributed by atoms with Crippen LogP contribution in [0.5, 0.6) is 0 Å². The molecule has 0 bridgehead atoms. The van der Waals surface area contributed by atoms with E-state index in [-0.39, 0.29) is 0 Å². The third kappa shape index (κ3) is 2.15. The molecule has 0 aliphatic rings. The molecule has 0 aromatic heterocycles. The summed E-state index contributed by atoms with van der Waals surface area (Å²) in [5.41, 5.74) is 2.62. The Morgan fingerprint density at radius 3 is 1.62 bits per heavy atom. The van der Waals surface area contributed by atoms with Gasteiger partial charge in [0.15, 0.2) is 0 Å². The third-order valence-corrected chi connectivity index (χ3v) is 1.54. The maximum Gasteiger partial charge on any atom is -0.0260 e. The normalized spacial score (nSPS) is 14.2. The van der Waals surface area contributed by atoms with Gasteiger partial charge in [0, 0.05) is 0 Å². The van der Waals surface area contributed by atoms with Gasteiger partial charge in [0.05, 0.1) is 0 Å². The number of allylic oxidation sites excluding steroid dienone is 2. The molecule has 0 aliphatic carbocycles. The minimum Gasteiger partial charge on any atom is -0.0738 e. The molecule has 0 nitrogen and oxygen atoms in total. The minimum absolute atomic E-state index is 0.660. The topological polar surface area (TPSA) is 0 Å². The highest BCUT2D eigenvalue weighted by molar-refractivity contribution is 5.13. The lowest BCUT2D eigenvalue weighted by atomic mass is 10.0. The van der Waals surface area contributed by atoms with Crippen molar-refractivity contribution in [2.24, 2.45) is 5.92 Å². The van der Waals surface area contributed by atoms with E-state index >= 15 is 0 Å². The van der Waals surface area contributed by atoms with Gasteiger partial charge in [-0.1, -0.05) is 25.0 Å². The van der Waals surface area contributed by atoms with Gasteiger partial charge < -0.3 is 0 Å². The van der Waals surface area contributed by atoms with Crippen molar-refractivity contribution in [2.75, 3.05) is 0 Å². The van der Waals surface area contributed by atoms with Crippen LogP contribution < -0.4 is 0 Å². The highest BCUT2D eigenvalue weighted by atomic mass is 14.0. The molecule has 0 aromatic rings. The molecule has 0 N–H and O–H groups in total. The smallest absolute Gasteiger partial charge is 0.0260 e. The Bertz CT molecular complexity index is 92.6. The molecule has 0 unspecified atom stereocenters. The monoisotopic (exact) mass is 111 g/mol. The van der Waals surface area contributed by atoms with Gasteiger partial charge in [0.1, 0.15) is 0 Å². The van der Waals surface area contributed by atoms with Crippen molar-refractivity contribution in [3.8, 4) is 0 Å². The molecule has 8 heavy (non-hydrogen) atoms. The summed E-state index contributed by atoms with van der Waals surface area (Å²) in [4.78, 5) is 0. The molecule has 0 rings (SSSR count). The molecular weight excluding hydrogens is 96.1 g/mol. The summed E-state index contributed by atoms with van der Waals surface area (Å²) < 4.78 is 0. The summed E-state index contributed by atoms with van der Waals surface area (Å²) in [5.74, 6) is 0.660. The predicted molar refractivity (Wildman–Crippen MR) is 38.6 cm³/mol. The van der Waals surface area contributed by atoms with Crippen LogP contribution in [-0.2, 0) is 0 Å². The molecule has 1 radical (unpaired) electrons. The van der Waals surface area contributed by atoms with Crippen molar-refractivity contribution in [3.63, 3.8) is 0 Å². The minimum atomic E-state index is 0.660. The van der Waals surface area contributed by atoms with E-state index in [4.69, 9.17) is 0 Å². The van der Waals surface area contributed by atoms with E-state index in [0.29, 0.717) is 5.92 Å². The fourth-order valence-corrected chi connectivity index (χ4v) is 0.493. The zero-order chi connectivity index (χ0) is 6.73. The molecule has 47 valence electrons. The number of rotatable bonds is 1. The highest BCUT2D eigenvalue weighted by Crippen LogP contribution is 2.11. The lowest BCUT2D eigenvalue weighted by molar-refractivity contribution is 0.760. The van der Waals surface area contributed by atoms with Gasteiger partial charge >= 0.3 is 0 Å². The summed E-state index contributed by atoms with van der Waals surface area (Å²) in [6, 6.07) is 0. The van der Waals surface area contributed by atoms with Crippen LogP contribution in [0, 0.1) is 12.8 Å². The van der Waals surface area contributed by atoms with E-state index in [1.807, 2.05) is 0 Å². The summed E-state index contributed by atoms with van der Waals surface area (Å²) >= 11 is 0. The van der Waals surface area contributed by atoms with Crippen molar-refractivity contribution in [2.45, 2.75) is 27.7 Å². The first-order valence-electron chi connectivity index (χ1n) is 3.05. The van der Waals surface area contributed by atoms with Crippen LogP contribution in [0.1, 0.15) is 27.7 Å². The van der Waals surface area contributed by atoms with Crippen LogP contribution in [0.2, 0.25) is 0 Å². The molecule has 0 atom stereocenters. The molecule has 0 fully saturated rings. The lowest BCUT2D eigenvalue weighted by Crippen LogP contribution is -1.90. The molecule has 0 saturated carbocycles. The van der Waals surface area contributed by atoms with Crippen molar-refractivity contribution in [3.05, 3.63) is 18.1 Å². The molecule has 0 aliphatic heterocycles. The SMILES string of the molecule is [CH2]C(C)=C(C)C(C)C. The summed E-state index contributed by atoms with van der Waals surface area (Å²) in [6.07, 6.45) is 0. The highest BCUT2D eigenvalue weighted by Gasteiger charge is 1.95. The van der Waals surface area contributed by atoms with Crippen LogP contribution in [0.3, 0.4) is 0 Å². The van der Waals surface area contributed by atoms with Crippen molar-refractivity contribution < 1.29 is 0 Å². The molecule has 0 amide bonds. The Kier molecular flexibility index (Phi) is 2.81.